The summed E-state index contributed by atoms with van der Waals surface area (Å²) in [7, 11) is 0. The predicted octanol–water partition coefficient (Wildman–Crippen LogP) is 3.65. The number of nitrogens with zero attached hydrogens (tertiary/aromatic N) is 3. The molecule has 132 valence electrons. The van der Waals surface area contributed by atoms with Gasteiger partial charge in [-0.1, -0.05) is 0 Å². The molecular formula is C20H18BrN3O2. The van der Waals surface area contributed by atoms with E-state index >= 15 is 0 Å². The van der Waals surface area contributed by atoms with Gasteiger partial charge in [0, 0.05) is 30.0 Å². The fraction of sp³-hybridized carbons (Fsp3) is 0.350. The highest BCUT2D eigenvalue weighted by molar-refractivity contribution is 9.10. The number of ether oxygens (including phenoxy) is 1. The zero-order chi connectivity index (χ0) is 18.1. The maximum Gasteiger partial charge on any atom is 0.255 e. The molecule has 2 aliphatic rings. The SMILES string of the molecule is N#Cc1ccc(OC2CC3CN(C(=O)c4cccnc4)CC3C2)cc1Br. The van der Waals surface area contributed by atoms with Gasteiger partial charge in [-0.3, -0.25) is 9.78 Å². The first-order chi connectivity index (χ1) is 12.6. The van der Waals surface area contributed by atoms with E-state index in [0.29, 0.717) is 23.0 Å². The Hall–Kier alpha value is -2.39. The van der Waals surface area contributed by atoms with Gasteiger partial charge in [-0.05, 0) is 70.9 Å². The molecule has 1 amide bonds. The number of benzene rings is 1. The number of likely N-dealkylation sites (tertiary alicyclic amines) is 1. The lowest BCUT2D eigenvalue weighted by molar-refractivity contribution is 0.0769. The van der Waals surface area contributed by atoms with Crippen LogP contribution < -0.4 is 4.74 Å². The molecule has 1 saturated heterocycles. The molecule has 2 heterocycles. The number of halogens is 1. The number of carbonyl (C=O) groups excluding carboxylic acids is 1. The first-order valence-electron chi connectivity index (χ1n) is 8.69. The topological polar surface area (TPSA) is 66.2 Å². The molecule has 1 aliphatic carbocycles. The molecule has 2 aromatic rings. The minimum Gasteiger partial charge on any atom is -0.490 e. The lowest BCUT2D eigenvalue weighted by Gasteiger charge is -2.20. The fourth-order valence-corrected chi connectivity index (χ4v) is 4.48. The number of hydrogen-bond donors (Lipinski definition) is 0. The highest BCUT2D eigenvalue weighted by Gasteiger charge is 2.43. The van der Waals surface area contributed by atoms with Gasteiger partial charge in [0.2, 0.25) is 0 Å². The van der Waals surface area contributed by atoms with Crippen LogP contribution in [0.25, 0.3) is 0 Å². The molecule has 1 aliphatic heterocycles. The van der Waals surface area contributed by atoms with Gasteiger partial charge in [0.1, 0.15) is 11.8 Å². The van der Waals surface area contributed by atoms with Crippen molar-refractivity contribution in [3.63, 3.8) is 0 Å². The minimum atomic E-state index is 0.0704. The first-order valence-corrected chi connectivity index (χ1v) is 9.49. The summed E-state index contributed by atoms with van der Waals surface area (Å²) < 4.78 is 6.87. The average Bonchev–Trinajstić information content (AvgIpc) is 3.20. The molecule has 0 bridgehead atoms. The molecular weight excluding hydrogens is 394 g/mol. The highest BCUT2D eigenvalue weighted by Crippen LogP contribution is 2.40. The molecule has 5 nitrogen and oxygen atoms in total. The third-order valence-electron chi connectivity index (χ3n) is 5.27. The Kier molecular flexibility index (Phi) is 4.64. The molecule has 2 atom stereocenters. The molecule has 6 heteroatoms. The maximum atomic E-state index is 12.6. The van der Waals surface area contributed by atoms with Gasteiger partial charge in [-0.2, -0.15) is 5.26 Å². The Balaban J connectivity index is 1.36. The van der Waals surface area contributed by atoms with Crippen LogP contribution in [0.2, 0.25) is 0 Å². The lowest BCUT2D eigenvalue weighted by atomic mass is 10.0. The highest BCUT2D eigenvalue weighted by atomic mass is 79.9. The number of aromatic nitrogens is 1. The minimum absolute atomic E-state index is 0.0704. The summed E-state index contributed by atoms with van der Waals surface area (Å²) in [4.78, 5) is 18.6. The summed E-state index contributed by atoms with van der Waals surface area (Å²) in [6.45, 7) is 1.57. The summed E-state index contributed by atoms with van der Waals surface area (Å²) >= 11 is 3.40. The van der Waals surface area contributed by atoms with Crippen LogP contribution in [0.4, 0.5) is 0 Å². The van der Waals surface area contributed by atoms with Gasteiger partial charge in [0.15, 0.2) is 0 Å². The van der Waals surface area contributed by atoms with E-state index in [1.165, 1.54) is 0 Å². The fourth-order valence-electron chi connectivity index (χ4n) is 4.03. The maximum absolute atomic E-state index is 12.6. The third kappa shape index (κ3) is 3.32. The number of hydrogen-bond acceptors (Lipinski definition) is 4. The lowest BCUT2D eigenvalue weighted by Crippen LogP contribution is -2.30. The summed E-state index contributed by atoms with van der Waals surface area (Å²) in [5.41, 5.74) is 1.26. The number of rotatable bonds is 3. The molecule has 2 fully saturated rings. The standard InChI is InChI=1S/C20H18BrN3O2/c21-19-8-17(4-3-13(19)9-22)26-18-6-15-11-24(12-16(15)7-18)20(25)14-2-1-5-23-10-14/h1-5,8,10,15-16,18H,6-7,11-12H2. The van der Waals surface area contributed by atoms with E-state index in [0.717, 1.165) is 36.2 Å². The van der Waals surface area contributed by atoms with Crippen molar-refractivity contribution < 1.29 is 9.53 Å². The van der Waals surface area contributed by atoms with Crippen LogP contribution in [0.1, 0.15) is 28.8 Å². The van der Waals surface area contributed by atoms with Crippen LogP contribution in [0.5, 0.6) is 5.75 Å². The third-order valence-corrected chi connectivity index (χ3v) is 5.92. The predicted molar refractivity (Wildman–Crippen MR) is 99.6 cm³/mol. The molecule has 1 saturated carbocycles. The van der Waals surface area contributed by atoms with E-state index in [-0.39, 0.29) is 12.0 Å². The van der Waals surface area contributed by atoms with Crippen LogP contribution >= 0.6 is 15.9 Å². The van der Waals surface area contributed by atoms with Crippen molar-refractivity contribution in [2.24, 2.45) is 11.8 Å². The van der Waals surface area contributed by atoms with Gasteiger partial charge in [-0.25, -0.2) is 0 Å². The molecule has 0 radical (unpaired) electrons. The van der Waals surface area contributed by atoms with Crippen LogP contribution in [-0.4, -0.2) is 35.0 Å². The molecule has 1 aromatic carbocycles. The van der Waals surface area contributed by atoms with E-state index in [1.807, 2.05) is 23.1 Å². The number of amides is 1. The van der Waals surface area contributed by atoms with Gasteiger partial charge >= 0.3 is 0 Å². The number of pyridine rings is 1. The summed E-state index contributed by atoms with van der Waals surface area (Å²) in [5, 5.41) is 9.00. The quantitative estimate of drug-likeness (QED) is 0.772. The normalized spacial score (nSPS) is 24.2. The van der Waals surface area contributed by atoms with E-state index < -0.39 is 0 Å². The average molecular weight is 412 g/mol. The van der Waals surface area contributed by atoms with Crippen LogP contribution in [0.3, 0.4) is 0 Å². The van der Waals surface area contributed by atoms with Crippen molar-refractivity contribution in [1.29, 1.82) is 5.26 Å². The molecule has 2 unspecified atom stereocenters. The van der Waals surface area contributed by atoms with E-state index in [4.69, 9.17) is 10.00 Å². The zero-order valence-corrected chi connectivity index (χ0v) is 15.7. The van der Waals surface area contributed by atoms with Gasteiger partial charge in [0.05, 0.1) is 17.2 Å². The van der Waals surface area contributed by atoms with Crippen molar-refractivity contribution >= 4 is 21.8 Å². The van der Waals surface area contributed by atoms with Gasteiger partial charge in [0.25, 0.3) is 5.91 Å². The summed E-state index contributed by atoms with van der Waals surface area (Å²) in [6, 6.07) is 11.2. The second-order valence-corrected chi connectivity index (χ2v) is 7.79. The first kappa shape index (κ1) is 17.0. The van der Waals surface area contributed by atoms with Crippen molar-refractivity contribution in [1.82, 2.24) is 9.88 Å². The summed E-state index contributed by atoms with van der Waals surface area (Å²) in [6.07, 6.45) is 5.39. The molecule has 1 aromatic heterocycles. The van der Waals surface area contributed by atoms with Gasteiger partial charge in [-0.15, -0.1) is 0 Å². The second kappa shape index (κ2) is 7.08. The van der Waals surface area contributed by atoms with Crippen molar-refractivity contribution in [2.45, 2.75) is 18.9 Å². The smallest absolute Gasteiger partial charge is 0.255 e. The van der Waals surface area contributed by atoms with E-state index in [2.05, 4.69) is 27.0 Å². The Morgan fingerprint density at radius 3 is 2.65 bits per heavy atom. The zero-order valence-electron chi connectivity index (χ0n) is 14.1. The summed E-state index contributed by atoms with van der Waals surface area (Å²) in [5.74, 6) is 1.83. The van der Waals surface area contributed by atoms with E-state index in [9.17, 15) is 4.79 Å². The largest absolute Gasteiger partial charge is 0.490 e. The molecule has 26 heavy (non-hydrogen) atoms. The van der Waals surface area contributed by atoms with Crippen molar-refractivity contribution in [3.05, 3.63) is 58.3 Å². The van der Waals surface area contributed by atoms with Crippen LogP contribution in [0.15, 0.2) is 47.2 Å². The van der Waals surface area contributed by atoms with Gasteiger partial charge < -0.3 is 9.64 Å². The van der Waals surface area contributed by atoms with E-state index in [1.54, 1.807) is 24.5 Å². The Morgan fingerprint density at radius 2 is 2.04 bits per heavy atom. The molecule has 4 rings (SSSR count). The van der Waals surface area contributed by atoms with Crippen molar-refractivity contribution in [3.8, 4) is 11.8 Å². The number of fused-ring (bicyclic) bond motifs is 1. The molecule has 0 spiro atoms. The Bertz CT molecular complexity index is 851. The second-order valence-electron chi connectivity index (χ2n) is 6.94. The Labute approximate surface area is 160 Å². The monoisotopic (exact) mass is 411 g/mol. The Morgan fingerprint density at radius 1 is 1.27 bits per heavy atom. The molecule has 0 N–H and O–H groups in total. The van der Waals surface area contributed by atoms with Crippen molar-refractivity contribution in [2.75, 3.05) is 13.1 Å². The van der Waals surface area contributed by atoms with Crippen LogP contribution in [-0.2, 0) is 0 Å². The number of nitriles is 1. The van der Waals surface area contributed by atoms with Crippen LogP contribution in [0, 0.1) is 23.2 Å². The number of carbonyl (C=O) groups is 1.